The summed E-state index contributed by atoms with van der Waals surface area (Å²) >= 11 is 0. The Balaban J connectivity index is 1.26. The van der Waals surface area contributed by atoms with E-state index in [1.165, 1.54) is 6.92 Å². The van der Waals surface area contributed by atoms with Gasteiger partial charge in [0.05, 0.1) is 5.56 Å². The summed E-state index contributed by atoms with van der Waals surface area (Å²) in [5, 5.41) is 0. The van der Waals surface area contributed by atoms with E-state index < -0.39 is 24.3 Å². The summed E-state index contributed by atoms with van der Waals surface area (Å²) in [5.41, 5.74) is 5.35. The number of fused-ring (bicyclic) bond motifs is 1. The largest absolute Gasteiger partial charge is 0.489 e. The zero-order valence-corrected chi connectivity index (χ0v) is 30.3. The molecule has 0 saturated heterocycles. The van der Waals surface area contributed by atoms with E-state index in [2.05, 4.69) is 0 Å². The van der Waals surface area contributed by atoms with Gasteiger partial charge in [-0.15, -0.1) is 0 Å². The molecular formula is C46H42O8. The van der Waals surface area contributed by atoms with Gasteiger partial charge in [0.15, 0.2) is 23.7 Å². The van der Waals surface area contributed by atoms with Crippen LogP contribution in [0.15, 0.2) is 152 Å². The molecule has 8 heteroatoms. The fourth-order valence-corrected chi connectivity index (χ4v) is 6.39. The van der Waals surface area contributed by atoms with Gasteiger partial charge in [-0.2, -0.15) is 0 Å². The average molecular weight is 723 g/mol. The lowest BCUT2D eigenvalue weighted by molar-refractivity contribution is -0.167. The average Bonchev–Trinajstić information content (AvgIpc) is 3.22. The van der Waals surface area contributed by atoms with E-state index in [1.807, 2.05) is 152 Å². The summed E-state index contributed by atoms with van der Waals surface area (Å²) in [6.45, 7) is 2.69. The van der Waals surface area contributed by atoms with Gasteiger partial charge in [-0.3, -0.25) is 4.79 Å². The highest BCUT2D eigenvalue weighted by molar-refractivity contribution is 5.67. The molecule has 8 nitrogen and oxygen atoms in total. The second-order valence-electron chi connectivity index (χ2n) is 12.9. The van der Waals surface area contributed by atoms with Crippen LogP contribution in [-0.2, 0) is 40.7 Å². The molecule has 0 saturated carbocycles. The lowest BCUT2D eigenvalue weighted by atomic mass is 9.90. The number of carbonyl (C=O) groups excluding carboxylic acids is 1. The molecule has 1 heterocycles. The van der Waals surface area contributed by atoms with Gasteiger partial charge in [-0.05, 0) is 34.4 Å². The standard InChI is InChI=1S/C46H42O8/c1-32(47)53-46-44(37-23-24-39(50-29-34-17-9-4-10-18-34)40(25-37)51-30-35-19-11-5-12-20-35)54-42-27-38(49-28-33-15-7-3-8-16-33)26-41(43(42)45(46)48-2)52-31-36-21-13-6-14-22-36/h3-27,44-46H,28-31H2,1-2H3/t44-,45+,46-/m1/s1. The number of ether oxygens (including phenoxy) is 7. The minimum absolute atomic E-state index is 0.292. The molecule has 0 aromatic heterocycles. The fraction of sp³-hybridized carbons (Fsp3) is 0.196. The number of esters is 1. The molecule has 3 atom stereocenters. The third kappa shape index (κ3) is 9.03. The Morgan fingerprint density at radius 2 is 1.04 bits per heavy atom. The van der Waals surface area contributed by atoms with E-state index in [9.17, 15) is 4.79 Å². The molecule has 0 N–H and O–H groups in total. The molecule has 1 aliphatic rings. The first kappa shape index (κ1) is 36.1. The lowest BCUT2D eigenvalue weighted by Gasteiger charge is -2.39. The monoisotopic (exact) mass is 722 g/mol. The van der Waals surface area contributed by atoms with Crippen LogP contribution < -0.4 is 23.7 Å². The minimum Gasteiger partial charge on any atom is -0.489 e. The first-order valence-corrected chi connectivity index (χ1v) is 17.9. The molecule has 1 aliphatic heterocycles. The number of hydrogen-bond acceptors (Lipinski definition) is 8. The predicted octanol–water partition coefficient (Wildman–Crippen LogP) is 9.76. The van der Waals surface area contributed by atoms with E-state index in [0.29, 0.717) is 66.3 Å². The van der Waals surface area contributed by atoms with Crippen molar-refractivity contribution in [2.24, 2.45) is 0 Å². The number of carbonyl (C=O) groups is 1. The van der Waals surface area contributed by atoms with Crippen LogP contribution in [0.2, 0.25) is 0 Å². The van der Waals surface area contributed by atoms with Crippen LogP contribution in [0.25, 0.3) is 0 Å². The Labute approximate surface area is 315 Å². The molecule has 0 aliphatic carbocycles. The zero-order valence-electron chi connectivity index (χ0n) is 30.3. The predicted molar refractivity (Wildman–Crippen MR) is 205 cm³/mol. The second kappa shape index (κ2) is 17.5. The quantitative estimate of drug-likeness (QED) is 0.0970. The Hall–Kier alpha value is -6.25. The maximum atomic E-state index is 12.7. The SMILES string of the molecule is CO[C@H]1c2c(OCc3ccccc3)cc(OCc3ccccc3)cc2O[C@H](c2ccc(OCc3ccccc3)c(OCc3ccccc3)c2)[C@H]1OC(C)=O. The van der Waals surface area contributed by atoms with Crippen molar-refractivity contribution >= 4 is 5.97 Å². The Morgan fingerprint density at radius 1 is 0.556 bits per heavy atom. The topological polar surface area (TPSA) is 81.7 Å². The first-order valence-electron chi connectivity index (χ1n) is 17.9. The molecule has 6 aromatic rings. The number of benzene rings is 6. The summed E-state index contributed by atoms with van der Waals surface area (Å²) in [6.07, 6.45) is -2.42. The van der Waals surface area contributed by atoms with Crippen molar-refractivity contribution in [3.05, 3.63) is 185 Å². The van der Waals surface area contributed by atoms with Crippen molar-refractivity contribution in [1.82, 2.24) is 0 Å². The minimum atomic E-state index is -0.881. The molecule has 0 unspecified atom stereocenters. The molecule has 0 spiro atoms. The smallest absolute Gasteiger partial charge is 0.303 e. The molecule has 0 radical (unpaired) electrons. The van der Waals surface area contributed by atoms with Crippen LogP contribution in [0.3, 0.4) is 0 Å². The van der Waals surface area contributed by atoms with E-state index in [-0.39, 0.29) is 0 Å². The van der Waals surface area contributed by atoms with Crippen molar-refractivity contribution in [2.45, 2.75) is 51.7 Å². The highest BCUT2D eigenvalue weighted by atomic mass is 16.6. The maximum absolute atomic E-state index is 12.7. The summed E-state index contributed by atoms with van der Waals surface area (Å²) in [6, 6.07) is 49.0. The Kier molecular flexibility index (Phi) is 11.7. The number of rotatable bonds is 15. The van der Waals surface area contributed by atoms with Gasteiger partial charge in [0, 0.05) is 31.7 Å². The van der Waals surface area contributed by atoms with Gasteiger partial charge < -0.3 is 33.2 Å². The Morgan fingerprint density at radius 3 is 1.54 bits per heavy atom. The normalized spacial score (nSPS) is 16.0. The van der Waals surface area contributed by atoms with Crippen molar-refractivity contribution in [2.75, 3.05) is 7.11 Å². The van der Waals surface area contributed by atoms with Crippen LogP contribution >= 0.6 is 0 Å². The van der Waals surface area contributed by atoms with Crippen LogP contribution in [-0.4, -0.2) is 19.2 Å². The summed E-state index contributed by atoms with van der Waals surface area (Å²) in [7, 11) is 1.59. The van der Waals surface area contributed by atoms with Gasteiger partial charge in [-0.1, -0.05) is 127 Å². The van der Waals surface area contributed by atoms with Gasteiger partial charge in [0.1, 0.15) is 49.8 Å². The van der Waals surface area contributed by atoms with E-state index in [0.717, 1.165) is 22.3 Å². The summed E-state index contributed by atoms with van der Waals surface area (Å²) in [5.74, 6) is 2.14. The van der Waals surface area contributed by atoms with E-state index in [1.54, 1.807) is 7.11 Å². The highest BCUT2D eigenvalue weighted by Gasteiger charge is 2.44. The van der Waals surface area contributed by atoms with E-state index >= 15 is 0 Å². The molecule has 0 fully saturated rings. The van der Waals surface area contributed by atoms with Crippen LogP contribution in [0.5, 0.6) is 28.7 Å². The summed E-state index contributed by atoms with van der Waals surface area (Å²) in [4.78, 5) is 12.7. The van der Waals surface area contributed by atoms with Crippen molar-refractivity contribution in [1.29, 1.82) is 0 Å². The van der Waals surface area contributed by atoms with Crippen LogP contribution in [0, 0.1) is 0 Å². The number of hydrogen-bond donors (Lipinski definition) is 0. The van der Waals surface area contributed by atoms with Crippen molar-refractivity contribution < 1.29 is 38.0 Å². The highest BCUT2D eigenvalue weighted by Crippen LogP contribution is 2.51. The second-order valence-corrected chi connectivity index (χ2v) is 12.9. The van der Waals surface area contributed by atoms with Crippen LogP contribution in [0.1, 0.15) is 52.5 Å². The third-order valence-corrected chi connectivity index (χ3v) is 9.02. The molecule has 7 rings (SSSR count). The molecule has 0 bridgehead atoms. The van der Waals surface area contributed by atoms with Gasteiger partial charge >= 0.3 is 5.97 Å². The van der Waals surface area contributed by atoms with Crippen molar-refractivity contribution in [3.8, 4) is 28.7 Å². The zero-order chi connectivity index (χ0) is 37.1. The molecular weight excluding hydrogens is 680 g/mol. The third-order valence-electron chi connectivity index (χ3n) is 9.02. The maximum Gasteiger partial charge on any atom is 0.303 e. The molecule has 274 valence electrons. The molecule has 54 heavy (non-hydrogen) atoms. The van der Waals surface area contributed by atoms with Gasteiger partial charge in [0.2, 0.25) is 0 Å². The number of methoxy groups -OCH3 is 1. The van der Waals surface area contributed by atoms with Crippen LogP contribution in [0.4, 0.5) is 0 Å². The summed E-state index contributed by atoms with van der Waals surface area (Å²) < 4.78 is 44.5. The van der Waals surface area contributed by atoms with Gasteiger partial charge in [0.25, 0.3) is 0 Å². The van der Waals surface area contributed by atoms with E-state index in [4.69, 9.17) is 33.2 Å². The fourth-order valence-electron chi connectivity index (χ4n) is 6.39. The molecule has 6 aromatic carbocycles. The van der Waals surface area contributed by atoms with Crippen molar-refractivity contribution in [3.63, 3.8) is 0 Å². The molecule has 0 amide bonds. The lowest BCUT2D eigenvalue weighted by Crippen LogP contribution is -2.39. The van der Waals surface area contributed by atoms with Gasteiger partial charge in [-0.25, -0.2) is 0 Å². The first-order chi connectivity index (χ1) is 26.5. The Bertz CT molecular complexity index is 2110.